The van der Waals surface area contributed by atoms with Crippen LogP contribution in [0.15, 0.2) is 12.1 Å². The Morgan fingerprint density at radius 3 is 2.95 bits per heavy atom. The Labute approximate surface area is 131 Å². The second kappa shape index (κ2) is 7.06. The first-order valence-corrected chi connectivity index (χ1v) is 7.13. The molecule has 0 fully saturated rings. The smallest absolute Gasteiger partial charge is 0.240 e. The minimum Gasteiger partial charge on any atom is -0.383 e. The van der Waals surface area contributed by atoms with Crippen molar-refractivity contribution in [1.82, 2.24) is 14.9 Å². The first-order chi connectivity index (χ1) is 10.1. The maximum absolute atomic E-state index is 13.5. The average Bonchev–Trinajstić information content (AvgIpc) is 2.77. The molecule has 0 saturated carbocycles. The number of hydrogen-bond acceptors (Lipinski definition) is 3. The summed E-state index contributed by atoms with van der Waals surface area (Å²) in [5, 5.41) is 2.68. The summed E-state index contributed by atoms with van der Waals surface area (Å²) in [5.74, 6) is -0.174. The number of alkyl halides is 1. The third-order valence-corrected chi connectivity index (χ3v) is 3.45. The summed E-state index contributed by atoms with van der Waals surface area (Å²) in [6, 6.07) is 2.67. The molecule has 0 aliphatic heterocycles. The lowest BCUT2D eigenvalue weighted by molar-refractivity contribution is -0.121. The molecule has 21 heavy (non-hydrogen) atoms. The molecule has 2 rings (SSSR count). The third kappa shape index (κ3) is 3.64. The van der Waals surface area contributed by atoms with Gasteiger partial charge in [0.2, 0.25) is 5.91 Å². The van der Waals surface area contributed by atoms with Crippen molar-refractivity contribution in [3.63, 3.8) is 0 Å². The fourth-order valence-electron chi connectivity index (χ4n) is 1.94. The number of nitrogens with zero attached hydrogens (tertiary/aromatic N) is 2. The predicted octanol–water partition coefficient (Wildman–Crippen LogP) is 2.33. The molecule has 0 unspecified atom stereocenters. The van der Waals surface area contributed by atoms with Crippen LogP contribution in [-0.4, -0.2) is 35.7 Å². The molecule has 114 valence electrons. The number of rotatable bonds is 6. The molecule has 1 aromatic carbocycles. The van der Waals surface area contributed by atoms with E-state index in [1.54, 1.807) is 11.7 Å². The molecule has 1 N–H and O–H groups in total. The Morgan fingerprint density at radius 1 is 1.52 bits per heavy atom. The van der Waals surface area contributed by atoms with Crippen molar-refractivity contribution in [2.45, 2.75) is 12.4 Å². The Bertz CT molecular complexity index is 660. The number of hydrogen-bond donors (Lipinski definition) is 1. The van der Waals surface area contributed by atoms with Gasteiger partial charge in [-0.2, -0.15) is 0 Å². The number of aromatic nitrogens is 2. The highest BCUT2D eigenvalue weighted by molar-refractivity contribution is 6.31. The van der Waals surface area contributed by atoms with Crippen LogP contribution in [0.1, 0.15) is 5.82 Å². The van der Waals surface area contributed by atoms with Gasteiger partial charge in [0.15, 0.2) is 0 Å². The van der Waals surface area contributed by atoms with E-state index in [-0.39, 0.29) is 23.4 Å². The van der Waals surface area contributed by atoms with Crippen LogP contribution in [0.5, 0.6) is 0 Å². The summed E-state index contributed by atoms with van der Waals surface area (Å²) >= 11 is 11.6. The van der Waals surface area contributed by atoms with E-state index in [1.165, 1.54) is 12.1 Å². The number of nitrogens with one attached hydrogen (secondary N) is 1. The van der Waals surface area contributed by atoms with Crippen LogP contribution in [-0.2, 0) is 22.0 Å². The molecule has 0 bridgehead atoms. The van der Waals surface area contributed by atoms with Gasteiger partial charge >= 0.3 is 0 Å². The van der Waals surface area contributed by atoms with E-state index in [4.69, 9.17) is 27.9 Å². The Balaban J connectivity index is 2.29. The second-order valence-corrected chi connectivity index (χ2v) is 5.02. The standard InChI is InChI=1S/C13H14Cl2FN3O2/c1-21-3-2-17-13(20)7-19-11-4-8(15)9(16)5-10(11)18-12(19)6-14/h4-5H,2-3,6-7H2,1H3,(H,17,20). The Kier molecular flexibility index (Phi) is 5.39. The summed E-state index contributed by atoms with van der Waals surface area (Å²) in [7, 11) is 1.55. The summed E-state index contributed by atoms with van der Waals surface area (Å²) in [6.07, 6.45) is 0. The molecule has 0 radical (unpaired) electrons. The van der Waals surface area contributed by atoms with Gasteiger partial charge < -0.3 is 14.6 Å². The van der Waals surface area contributed by atoms with Crippen LogP contribution in [0.4, 0.5) is 4.39 Å². The number of halogens is 3. The molecule has 0 aliphatic carbocycles. The summed E-state index contributed by atoms with van der Waals surface area (Å²) < 4.78 is 19.9. The number of benzene rings is 1. The second-order valence-electron chi connectivity index (χ2n) is 4.35. The molecule has 2 aromatic rings. The third-order valence-electron chi connectivity index (χ3n) is 2.92. The fourth-order valence-corrected chi connectivity index (χ4v) is 2.30. The minimum absolute atomic E-state index is 0.0236. The minimum atomic E-state index is -0.556. The molecule has 0 saturated heterocycles. The first kappa shape index (κ1) is 16.0. The fraction of sp³-hybridized carbons (Fsp3) is 0.385. The van der Waals surface area contributed by atoms with E-state index >= 15 is 0 Å². The maximum atomic E-state index is 13.5. The van der Waals surface area contributed by atoms with Crippen LogP contribution >= 0.6 is 23.2 Å². The monoisotopic (exact) mass is 333 g/mol. The number of carbonyl (C=O) groups is 1. The molecule has 5 nitrogen and oxygen atoms in total. The number of carbonyl (C=O) groups excluding carboxylic acids is 1. The van der Waals surface area contributed by atoms with Crippen molar-refractivity contribution in [2.24, 2.45) is 0 Å². The molecule has 8 heteroatoms. The van der Waals surface area contributed by atoms with Crippen molar-refractivity contribution >= 4 is 40.1 Å². The maximum Gasteiger partial charge on any atom is 0.240 e. The van der Waals surface area contributed by atoms with E-state index in [2.05, 4.69) is 10.3 Å². The summed E-state index contributed by atoms with van der Waals surface area (Å²) in [4.78, 5) is 16.1. The van der Waals surface area contributed by atoms with Gasteiger partial charge in [0.1, 0.15) is 18.2 Å². The predicted molar refractivity (Wildman–Crippen MR) is 79.1 cm³/mol. The molecule has 0 spiro atoms. The molecule has 0 aliphatic rings. The molecule has 1 aromatic heterocycles. The van der Waals surface area contributed by atoms with Gasteiger partial charge in [0, 0.05) is 19.7 Å². The van der Waals surface area contributed by atoms with Crippen molar-refractivity contribution in [3.8, 4) is 0 Å². The van der Waals surface area contributed by atoms with Crippen LogP contribution in [0.3, 0.4) is 0 Å². The lowest BCUT2D eigenvalue weighted by atomic mass is 10.3. The lowest BCUT2D eigenvalue weighted by Gasteiger charge is -2.08. The van der Waals surface area contributed by atoms with Crippen LogP contribution in [0.2, 0.25) is 5.02 Å². The van der Waals surface area contributed by atoms with Crippen LogP contribution in [0.25, 0.3) is 11.0 Å². The van der Waals surface area contributed by atoms with Gasteiger partial charge in [0.25, 0.3) is 0 Å². The van der Waals surface area contributed by atoms with Gasteiger partial charge in [-0.25, -0.2) is 9.37 Å². The van der Waals surface area contributed by atoms with E-state index in [9.17, 15) is 9.18 Å². The first-order valence-electron chi connectivity index (χ1n) is 6.22. The van der Waals surface area contributed by atoms with E-state index in [0.717, 1.165) is 0 Å². The van der Waals surface area contributed by atoms with Gasteiger partial charge in [-0.05, 0) is 6.07 Å². The lowest BCUT2D eigenvalue weighted by Crippen LogP contribution is -2.30. The van der Waals surface area contributed by atoms with Crippen LogP contribution in [0, 0.1) is 5.82 Å². The zero-order valence-corrected chi connectivity index (χ0v) is 12.8. The van der Waals surface area contributed by atoms with Gasteiger partial charge in [0.05, 0.1) is 28.5 Å². The summed E-state index contributed by atoms with van der Waals surface area (Å²) in [5.41, 5.74) is 0.983. The normalized spacial score (nSPS) is 11.0. The average molecular weight is 334 g/mol. The van der Waals surface area contributed by atoms with Crippen molar-refractivity contribution < 1.29 is 13.9 Å². The topological polar surface area (TPSA) is 56.1 Å². The SMILES string of the molecule is COCCNC(=O)Cn1c(CCl)nc2cc(F)c(Cl)cc21. The molecular formula is C13H14Cl2FN3O2. The number of ether oxygens (including phenoxy) is 1. The molecule has 1 amide bonds. The largest absolute Gasteiger partial charge is 0.383 e. The van der Waals surface area contributed by atoms with Crippen LogP contribution < -0.4 is 5.32 Å². The quantitative estimate of drug-likeness (QED) is 0.652. The summed E-state index contributed by atoms with van der Waals surface area (Å²) in [6.45, 7) is 0.869. The number of methoxy groups -OCH3 is 1. The zero-order chi connectivity index (χ0) is 15.4. The van der Waals surface area contributed by atoms with E-state index < -0.39 is 5.82 Å². The highest BCUT2D eigenvalue weighted by Crippen LogP contribution is 2.24. The van der Waals surface area contributed by atoms with Crippen molar-refractivity contribution in [3.05, 3.63) is 28.8 Å². The molecule has 0 atom stereocenters. The highest BCUT2D eigenvalue weighted by Gasteiger charge is 2.15. The highest BCUT2D eigenvalue weighted by atomic mass is 35.5. The Morgan fingerprint density at radius 2 is 2.29 bits per heavy atom. The molecular weight excluding hydrogens is 320 g/mol. The number of amides is 1. The van der Waals surface area contributed by atoms with Gasteiger partial charge in [-0.3, -0.25) is 4.79 Å². The van der Waals surface area contributed by atoms with Crippen molar-refractivity contribution in [2.75, 3.05) is 20.3 Å². The Hall–Kier alpha value is -1.37. The van der Waals surface area contributed by atoms with Gasteiger partial charge in [-0.1, -0.05) is 11.6 Å². The number of imidazole rings is 1. The van der Waals surface area contributed by atoms with Crippen molar-refractivity contribution in [1.29, 1.82) is 0 Å². The number of fused-ring (bicyclic) bond motifs is 1. The van der Waals surface area contributed by atoms with E-state index in [0.29, 0.717) is 30.0 Å². The zero-order valence-electron chi connectivity index (χ0n) is 11.3. The van der Waals surface area contributed by atoms with Gasteiger partial charge in [-0.15, -0.1) is 11.6 Å². The van der Waals surface area contributed by atoms with E-state index in [1.807, 2.05) is 0 Å². The molecule has 1 heterocycles.